The van der Waals surface area contributed by atoms with Crippen LogP contribution in [0.15, 0.2) is 48.6 Å². The highest BCUT2D eigenvalue weighted by molar-refractivity contribution is 5.82. The number of benzene rings is 1. The molecule has 1 aromatic carbocycles. The monoisotopic (exact) mass is 330 g/mol. The standard InChI is InChI=1S/C19H22O5/c20-16-12-15(11-14-7-4-8-18(21)24-14)23-17(19(16)22)10-9-13-5-2-1-3-6-13/h1-6,8-10,14-17,19-20,22H,7,11-12H2/b10-9+/t14-,15-,16-,17-,19-/m1/s1. The lowest BCUT2D eigenvalue weighted by Crippen LogP contribution is -2.48. The molecule has 2 N–H and O–H groups in total. The summed E-state index contributed by atoms with van der Waals surface area (Å²) < 4.78 is 11.2. The lowest BCUT2D eigenvalue weighted by molar-refractivity contribution is -0.165. The summed E-state index contributed by atoms with van der Waals surface area (Å²) in [6, 6.07) is 9.70. The molecule has 5 atom stereocenters. The van der Waals surface area contributed by atoms with Gasteiger partial charge in [-0.2, -0.15) is 0 Å². The third-order valence-corrected chi connectivity index (χ3v) is 4.32. The van der Waals surface area contributed by atoms with Gasteiger partial charge >= 0.3 is 5.97 Å². The van der Waals surface area contributed by atoms with Gasteiger partial charge in [0.15, 0.2) is 0 Å². The molecule has 0 aromatic heterocycles. The van der Waals surface area contributed by atoms with E-state index >= 15 is 0 Å². The fourth-order valence-corrected chi connectivity index (χ4v) is 3.07. The first-order valence-corrected chi connectivity index (χ1v) is 8.24. The molecule has 2 aliphatic heterocycles. The van der Waals surface area contributed by atoms with E-state index in [1.165, 1.54) is 6.08 Å². The van der Waals surface area contributed by atoms with Crippen molar-refractivity contribution in [1.29, 1.82) is 0 Å². The quantitative estimate of drug-likeness (QED) is 0.824. The summed E-state index contributed by atoms with van der Waals surface area (Å²) in [5.74, 6) is -0.344. The van der Waals surface area contributed by atoms with Crippen molar-refractivity contribution in [2.75, 3.05) is 0 Å². The number of aliphatic hydroxyl groups excluding tert-OH is 2. The third-order valence-electron chi connectivity index (χ3n) is 4.32. The Morgan fingerprint density at radius 1 is 1.17 bits per heavy atom. The van der Waals surface area contributed by atoms with E-state index in [4.69, 9.17) is 9.47 Å². The van der Waals surface area contributed by atoms with Crippen molar-refractivity contribution in [3.8, 4) is 0 Å². The molecule has 0 saturated carbocycles. The smallest absolute Gasteiger partial charge is 0.330 e. The van der Waals surface area contributed by atoms with Gasteiger partial charge in [-0.05, 0) is 5.56 Å². The van der Waals surface area contributed by atoms with E-state index in [0.29, 0.717) is 19.3 Å². The predicted molar refractivity (Wildman–Crippen MR) is 89.0 cm³/mol. The maximum atomic E-state index is 11.3. The number of carbonyl (C=O) groups is 1. The zero-order chi connectivity index (χ0) is 16.9. The van der Waals surface area contributed by atoms with E-state index in [0.717, 1.165) is 5.56 Å². The molecule has 5 nitrogen and oxygen atoms in total. The number of rotatable bonds is 4. The average Bonchev–Trinajstić information content (AvgIpc) is 2.58. The maximum absolute atomic E-state index is 11.3. The van der Waals surface area contributed by atoms with Gasteiger partial charge in [-0.15, -0.1) is 0 Å². The van der Waals surface area contributed by atoms with Gasteiger partial charge < -0.3 is 19.7 Å². The van der Waals surface area contributed by atoms with Crippen LogP contribution in [0, 0.1) is 0 Å². The van der Waals surface area contributed by atoms with E-state index in [1.54, 1.807) is 12.2 Å². The van der Waals surface area contributed by atoms with Crippen LogP contribution >= 0.6 is 0 Å². The van der Waals surface area contributed by atoms with Crippen molar-refractivity contribution in [3.05, 3.63) is 54.1 Å². The lowest BCUT2D eigenvalue weighted by Gasteiger charge is -2.37. The van der Waals surface area contributed by atoms with E-state index in [-0.39, 0.29) is 18.2 Å². The Hall–Kier alpha value is -1.95. The van der Waals surface area contributed by atoms with E-state index in [2.05, 4.69) is 0 Å². The molecule has 0 radical (unpaired) electrons. The molecule has 3 rings (SSSR count). The Bertz CT molecular complexity index is 609. The SMILES string of the molecule is O=C1C=CC[C@H](C[C@@H]2C[C@@H](O)[C@@H](O)[C@@H](/C=C/c3ccccc3)O2)O1. The highest BCUT2D eigenvalue weighted by atomic mass is 16.5. The van der Waals surface area contributed by atoms with E-state index in [9.17, 15) is 15.0 Å². The van der Waals surface area contributed by atoms with Crippen molar-refractivity contribution >= 4 is 12.0 Å². The summed E-state index contributed by atoms with van der Waals surface area (Å²) in [4.78, 5) is 11.3. The molecule has 2 aliphatic rings. The van der Waals surface area contributed by atoms with Crippen LogP contribution < -0.4 is 0 Å². The number of aliphatic hydroxyl groups is 2. The number of esters is 1. The minimum Gasteiger partial charge on any atom is -0.459 e. The van der Waals surface area contributed by atoms with Crippen LogP contribution in [0.4, 0.5) is 0 Å². The summed E-state index contributed by atoms with van der Waals surface area (Å²) in [6.07, 6.45) is 5.41. The third kappa shape index (κ3) is 4.32. The molecule has 2 heterocycles. The van der Waals surface area contributed by atoms with Crippen LogP contribution in [0.5, 0.6) is 0 Å². The summed E-state index contributed by atoms with van der Waals surface area (Å²) in [5.41, 5.74) is 0.997. The first kappa shape index (κ1) is 16.9. The van der Waals surface area contributed by atoms with Crippen LogP contribution in [0.2, 0.25) is 0 Å². The fourth-order valence-electron chi connectivity index (χ4n) is 3.07. The molecular formula is C19H22O5. The van der Waals surface area contributed by atoms with Gasteiger partial charge in [-0.1, -0.05) is 48.6 Å². The van der Waals surface area contributed by atoms with Gasteiger partial charge in [-0.25, -0.2) is 4.79 Å². The Morgan fingerprint density at radius 2 is 1.96 bits per heavy atom. The molecular weight excluding hydrogens is 308 g/mol. The normalized spacial score (nSPS) is 33.6. The van der Waals surface area contributed by atoms with E-state index < -0.39 is 18.3 Å². The van der Waals surface area contributed by atoms with Gasteiger partial charge in [0.05, 0.1) is 12.2 Å². The molecule has 0 bridgehead atoms. The Kier molecular flexibility index (Phi) is 5.45. The number of ether oxygens (including phenoxy) is 2. The molecule has 0 unspecified atom stereocenters. The lowest BCUT2D eigenvalue weighted by atomic mass is 9.93. The molecule has 0 amide bonds. The highest BCUT2D eigenvalue weighted by Crippen LogP contribution is 2.27. The molecule has 1 aromatic rings. The highest BCUT2D eigenvalue weighted by Gasteiger charge is 2.36. The minimum absolute atomic E-state index is 0.242. The van der Waals surface area contributed by atoms with E-state index in [1.807, 2.05) is 36.4 Å². The molecule has 0 aliphatic carbocycles. The molecule has 1 fully saturated rings. The van der Waals surface area contributed by atoms with Crippen molar-refractivity contribution in [2.45, 2.75) is 49.8 Å². The predicted octanol–water partition coefficient (Wildman–Crippen LogP) is 1.84. The molecule has 1 saturated heterocycles. The Labute approximate surface area is 141 Å². The van der Waals surface area contributed by atoms with Gasteiger partial charge in [0.2, 0.25) is 0 Å². The topological polar surface area (TPSA) is 76.0 Å². The van der Waals surface area contributed by atoms with Crippen molar-refractivity contribution in [1.82, 2.24) is 0 Å². The first-order chi connectivity index (χ1) is 11.6. The Balaban J connectivity index is 1.62. The van der Waals surface area contributed by atoms with Crippen LogP contribution in [0.1, 0.15) is 24.8 Å². The zero-order valence-electron chi connectivity index (χ0n) is 13.3. The van der Waals surface area contributed by atoms with Crippen molar-refractivity contribution < 1.29 is 24.5 Å². The first-order valence-electron chi connectivity index (χ1n) is 8.24. The van der Waals surface area contributed by atoms with Crippen LogP contribution in [0.25, 0.3) is 6.08 Å². The molecule has 0 spiro atoms. The molecule has 5 heteroatoms. The Morgan fingerprint density at radius 3 is 2.71 bits per heavy atom. The second-order valence-corrected chi connectivity index (χ2v) is 6.22. The summed E-state index contributed by atoms with van der Waals surface area (Å²) in [6.45, 7) is 0. The van der Waals surface area contributed by atoms with Gasteiger partial charge in [0, 0.05) is 25.3 Å². The summed E-state index contributed by atoms with van der Waals surface area (Å²) in [5, 5.41) is 20.3. The van der Waals surface area contributed by atoms with Gasteiger partial charge in [0.1, 0.15) is 18.3 Å². The largest absolute Gasteiger partial charge is 0.459 e. The van der Waals surface area contributed by atoms with Gasteiger partial charge in [-0.3, -0.25) is 0 Å². The zero-order valence-corrected chi connectivity index (χ0v) is 13.3. The minimum atomic E-state index is -0.963. The fraction of sp³-hybridized carbons (Fsp3) is 0.421. The molecule has 24 heavy (non-hydrogen) atoms. The summed E-state index contributed by atoms with van der Waals surface area (Å²) >= 11 is 0. The second kappa shape index (κ2) is 7.75. The van der Waals surface area contributed by atoms with Crippen molar-refractivity contribution in [2.24, 2.45) is 0 Å². The maximum Gasteiger partial charge on any atom is 0.330 e. The number of cyclic esters (lactones) is 1. The average molecular weight is 330 g/mol. The summed E-state index contributed by atoms with van der Waals surface area (Å²) in [7, 11) is 0. The van der Waals surface area contributed by atoms with Crippen LogP contribution in [-0.2, 0) is 14.3 Å². The number of carbonyl (C=O) groups excluding carboxylic acids is 1. The number of hydrogen-bond donors (Lipinski definition) is 2. The van der Waals surface area contributed by atoms with Crippen LogP contribution in [-0.4, -0.2) is 46.7 Å². The van der Waals surface area contributed by atoms with Crippen LogP contribution in [0.3, 0.4) is 0 Å². The van der Waals surface area contributed by atoms with Crippen molar-refractivity contribution in [3.63, 3.8) is 0 Å². The van der Waals surface area contributed by atoms with Gasteiger partial charge in [0.25, 0.3) is 0 Å². The number of hydrogen-bond acceptors (Lipinski definition) is 5. The second-order valence-electron chi connectivity index (χ2n) is 6.22. The molecule has 128 valence electrons.